The van der Waals surface area contributed by atoms with Crippen molar-refractivity contribution in [2.45, 2.75) is 59.4 Å². The summed E-state index contributed by atoms with van der Waals surface area (Å²) in [6.07, 6.45) is 6.17. The SMILES string of the molecule is CCOCCCNC(=NCc1nnc(C)n1C)NCC1(CC)CCC1. The molecule has 1 fully saturated rings. The molecule has 0 aromatic carbocycles. The lowest BCUT2D eigenvalue weighted by atomic mass is 9.67. The molecule has 0 bridgehead atoms. The minimum Gasteiger partial charge on any atom is -0.382 e. The van der Waals surface area contributed by atoms with E-state index in [0.29, 0.717) is 12.0 Å². The van der Waals surface area contributed by atoms with Crippen molar-refractivity contribution in [2.75, 3.05) is 26.3 Å². The van der Waals surface area contributed by atoms with Gasteiger partial charge in [-0.25, -0.2) is 4.99 Å². The minimum absolute atomic E-state index is 0.454. The molecule has 1 aliphatic rings. The number of nitrogens with zero attached hydrogens (tertiary/aromatic N) is 4. The number of hydrogen-bond acceptors (Lipinski definition) is 4. The molecule has 25 heavy (non-hydrogen) atoms. The van der Waals surface area contributed by atoms with E-state index in [0.717, 1.165) is 50.3 Å². The Morgan fingerprint density at radius 1 is 1.28 bits per heavy atom. The van der Waals surface area contributed by atoms with E-state index >= 15 is 0 Å². The molecular weight excluding hydrogens is 316 g/mol. The monoisotopic (exact) mass is 350 g/mol. The fourth-order valence-electron chi connectivity index (χ4n) is 3.04. The topological polar surface area (TPSA) is 76.4 Å². The van der Waals surface area contributed by atoms with E-state index in [1.807, 2.05) is 25.5 Å². The second kappa shape index (κ2) is 9.75. The Morgan fingerprint density at radius 2 is 2.08 bits per heavy atom. The summed E-state index contributed by atoms with van der Waals surface area (Å²) in [4.78, 5) is 4.71. The molecule has 1 aromatic rings. The van der Waals surface area contributed by atoms with E-state index in [1.165, 1.54) is 25.7 Å². The molecule has 0 atom stereocenters. The van der Waals surface area contributed by atoms with Gasteiger partial charge < -0.3 is 19.9 Å². The summed E-state index contributed by atoms with van der Waals surface area (Å²) >= 11 is 0. The molecule has 1 aromatic heterocycles. The lowest BCUT2D eigenvalue weighted by Crippen LogP contribution is -2.46. The largest absolute Gasteiger partial charge is 0.382 e. The van der Waals surface area contributed by atoms with E-state index < -0.39 is 0 Å². The van der Waals surface area contributed by atoms with Crippen molar-refractivity contribution in [1.29, 1.82) is 0 Å². The molecule has 1 heterocycles. The number of guanidine groups is 1. The third-order valence-electron chi connectivity index (χ3n) is 5.32. The number of aryl methyl sites for hydroxylation is 1. The van der Waals surface area contributed by atoms with Crippen LogP contribution in [-0.4, -0.2) is 47.0 Å². The first-order chi connectivity index (χ1) is 12.1. The first kappa shape index (κ1) is 19.7. The van der Waals surface area contributed by atoms with Crippen LogP contribution in [0.1, 0.15) is 57.6 Å². The third kappa shape index (κ3) is 5.70. The molecule has 0 unspecified atom stereocenters. The predicted octanol–water partition coefficient (Wildman–Crippen LogP) is 2.17. The van der Waals surface area contributed by atoms with E-state index in [9.17, 15) is 0 Å². The average molecular weight is 351 g/mol. The molecule has 7 nitrogen and oxygen atoms in total. The number of hydrogen-bond donors (Lipinski definition) is 2. The maximum absolute atomic E-state index is 5.40. The Hall–Kier alpha value is -1.63. The van der Waals surface area contributed by atoms with Crippen molar-refractivity contribution in [3.63, 3.8) is 0 Å². The second-order valence-corrected chi connectivity index (χ2v) is 6.93. The Balaban J connectivity index is 1.90. The van der Waals surface area contributed by atoms with Gasteiger partial charge in [0, 0.05) is 33.4 Å². The van der Waals surface area contributed by atoms with Crippen molar-refractivity contribution < 1.29 is 4.74 Å². The van der Waals surface area contributed by atoms with Crippen LogP contribution in [0.15, 0.2) is 4.99 Å². The molecule has 2 N–H and O–H groups in total. The summed E-state index contributed by atoms with van der Waals surface area (Å²) in [5.41, 5.74) is 0.454. The zero-order valence-electron chi connectivity index (χ0n) is 16.3. The van der Waals surface area contributed by atoms with Crippen LogP contribution in [0.4, 0.5) is 0 Å². The van der Waals surface area contributed by atoms with E-state index in [2.05, 4.69) is 27.8 Å². The Bertz CT molecular complexity index is 544. The fraction of sp³-hybridized carbons (Fsp3) is 0.833. The summed E-state index contributed by atoms with van der Waals surface area (Å²) < 4.78 is 7.38. The van der Waals surface area contributed by atoms with Crippen molar-refractivity contribution in [3.05, 3.63) is 11.6 Å². The molecule has 7 heteroatoms. The molecule has 0 saturated heterocycles. The van der Waals surface area contributed by atoms with Crippen LogP contribution in [0.3, 0.4) is 0 Å². The lowest BCUT2D eigenvalue weighted by Gasteiger charge is -2.41. The van der Waals surface area contributed by atoms with Crippen molar-refractivity contribution in [1.82, 2.24) is 25.4 Å². The maximum Gasteiger partial charge on any atom is 0.191 e. The summed E-state index contributed by atoms with van der Waals surface area (Å²) in [7, 11) is 1.98. The normalized spacial score (nSPS) is 16.6. The van der Waals surface area contributed by atoms with Crippen molar-refractivity contribution >= 4 is 5.96 Å². The average Bonchev–Trinajstić information content (AvgIpc) is 2.90. The van der Waals surface area contributed by atoms with Gasteiger partial charge in [-0.15, -0.1) is 10.2 Å². The summed E-state index contributed by atoms with van der Waals surface area (Å²) in [5, 5.41) is 15.3. The molecule has 0 amide bonds. The summed E-state index contributed by atoms with van der Waals surface area (Å²) in [5.74, 6) is 2.64. The van der Waals surface area contributed by atoms with Gasteiger partial charge in [-0.05, 0) is 44.9 Å². The van der Waals surface area contributed by atoms with Gasteiger partial charge in [0.1, 0.15) is 12.4 Å². The van der Waals surface area contributed by atoms with Crippen molar-refractivity contribution in [3.8, 4) is 0 Å². The van der Waals surface area contributed by atoms with Gasteiger partial charge in [0.2, 0.25) is 0 Å². The number of nitrogens with one attached hydrogen (secondary N) is 2. The number of aromatic nitrogens is 3. The molecule has 1 aliphatic carbocycles. The van der Waals surface area contributed by atoms with Gasteiger partial charge in [0.25, 0.3) is 0 Å². The molecular formula is C18H34N6O. The van der Waals surface area contributed by atoms with Gasteiger partial charge in [-0.1, -0.05) is 13.3 Å². The summed E-state index contributed by atoms with van der Waals surface area (Å²) in [6.45, 7) is 10.2. The number of rotatable bonds is 10. The lowest BCUT2D eigenvalue weighted by molar-refractivity contribution is 0.131. The van der Waals surface area contributed by atoms with Crippen LogP contribution < -0.4 is 10.6 Å². The highest BCUT2D eigenvalue weighted by molar-refractivity contribution is 5.79. The number of ether oxygens (including phenoxy) is 1. The standard InChI is InChI=1S/C18H34N6O/c1-5-18(9-7-10-18)14-21-17(19-11-8-12-25-6-2)20-13-16-23-22-15(3)24(16)4/h5-14H2,1-4H3,(H2,19,20,21). The van der Waals surface area contributed by atoms with Crippen LogP contribution in [-0.2, 0) is 18.3 Å². The minimum atomic E-state index is 0.454. The third-order valence-corrected chi connectivity index (χ3v) is 5.32. The van der Waals surface area contributed by atoms with Gasteiger partial charge in [0.15, 0.2) is 11.8 Å². The van der Waals surface area contributed by atoms with Crippen LogP contribution in [0.5, 0.6) is 0 Å². The van der Waals surface area contributed by atoms with Crippen LogP contribution in [0, 0.1) is 12.3 Å². The van der Waals surface area contributed by atoms with Crippen molar-refractivity contribution in [2.24, 2.45) is 17.5 Å². The Labute approximate surface area is 151 Å². The van der Waals surface area contributed by atoms with E-state index in [-0.39, 0.29) is 0 Å². The highest BCUT2D eigenvalue weighted by Gasteiger charge is 2.34. The molecule has 2 rings (SSSR count). The van der Waals surface area contributed by atoms with Crippen LogP contribution in [0.25, 0.3) is 0 Å². The highest BCUT2D eigenvalue weighted by Crippen LogP contribution is 2.42. The van der Waals surface area contributed by atoms with Gasteiger partial charge in [0.05, 0.1) is 0 Å². The first-order valence-corrected chi connectivity index (χ1v) is 9.55. The Morgan fingerprint density at radius 3 is 2.64 bits per heavy atom. The quantitative estimate of drug-likeness (QED) is 0.384. The van der Waals surface area contributed by atoms with Gasteiger partial charge in [-0.2, -0.15) is 0 Å². The molecule has 0 spiro atoms. The van der Waals surface area contributed by atoms with Crippen LogP contribution in [0.2, 0.25) is 0 Å². The van der Waals surface area contributed by atoms with Crippen LogP contribution >= 0.6 is 0 Å². The zero-order valence-corrected chi connectivity index (χ0v) is 16.3. The molecule has 0 radical (unpaired) electrons. The second-order valence-electron chi connectivity index (χ2n) is 6.93. The molecule has 1 saturated carbocycles. The first-order valence-electron chi connectivity index (χ1n) is 9.55. The summed E-state index contributed by atoms with van der Waals surface area (Å²) in [6, 6.07) is 0. The maximum atomic E-state index is 5.40. The highest BCUT2D eigenvalue weighted by atomic mass is 16.5. The zero-order chi connectivity index (χ0) is 18.1. The molecule has 0 aliphatic heterocycles. The molecule has 142 valence electrons. The smallest absolute Gasteiger partial charge is 0.191 e. The number of aliphatic imine (C=N–C) groups is 1. The predicted molar refractivity (Wildman–Crippen MR) is 101 cm³/mol. The van der Waals surface area contributed by atoms with E-state index in [1.54, 1.807) is 0 Å². The van der Waals surface area contributed by atoms with E-state index in [4.69, 9.17) is 9.73 Å². The van der Waals surface area contributed by atoms with Gasteiger partial charge >= 0.3 is 0 Å². The Kier molecular flexibility index (Phi) is 7.68. The fourth-order valence-corrected chi connectivity index (χ4v) is 3.04. The van der Waals surface area contributed by atoms with Gasteiger partial charge in [-0.3, -0.25) is 0 Å².